The van der Waals surface area contributed by atoms with Crippen LogP contribution in [0.25, 0.3) is 0 Å². The van der Waals surface area contributed by atoms with E-state index in [2.05, 4.69) is 15.3 Å². The second-order valence-electron chi connectivity index (χ2n) is 6.58. The minimum Gasteiger partial charge on any atom is -0.377 e. The zero-order valence-electron chi connectivity index (χ0n) is 14.5. The molecule has 0 spiro atoms. The lowest BCUT2D eigenvalue weighted by Crippen LogP contribution is -2.35. The first kappa shape index (κ1) is 17.8. The number of aromatic nitrogens is 2. The molecule has 134 valence electrons. The van der Waals surface area contributed by atoms with Crippen molar-refractivity contribution >= 4 is 5.82 Å². The van der Waals surface area contributed by atoms with Gasteiger partial charge in [0.05, 0.1) is 0 Å². The number of nitrogens with one attached hydrogen (secondary N) is 1. The number of halogens is 1. The Bertz CT molecular complexity index is 704. The number of hydrogen-bond acceptors (Lipinski definition) is 5. The van der Waals surface area contributed by atoms with Crippen LogP contribution in [0.15, 0.2) is 30.3 Å². The lowest BCUT2D eigenvalue weighted by molar-refractivity contribution is 0.177. The van der Waals surface area contributed by atoms with Gasteiger partial charge in [-0.15, -0.1) is 0 Å². The maximum Gasteiger partial charge on any atom is 0.156 e. The van der Waals surface area contributed by atoms with Crippen molar-refractivity contribution in [3.63, 3.8) is 0 Å². The van der Waals surface area contributed by atoms with Gasteiger partial charge >= 0.3 is 0 Å². The number of ether oxygens (including phenoxy) is 1. The summed E-state index contributed by atoms with van der Waals surface area (Å²) in [7, 11) is 1.64. The zero-order chi connectivity index (χ0) is 17.6. The summed E-state index contributed by atoms with van der Waals surface area (Å²) in [6.45, 7) is 1.11. The van der Waals surface area contributed by atoms with Crippen molar-refractivity contribution in [3.05, 3.63) is 53.2 Å². The van der Waals surface area contributed by atoms with E-state index in [-0.39, 0.29) is 11.9 Å². The van der Waals surface area contributed by atoms with Crippen LogP contribution in [0.2, 0.25) is 0 Å². The summed E-state index contributed by atoms with van der Waals surface area (Å²) in [6, 6.07) is 9.18. The number of benzene rings is 1. The highest BCUT2D eigenvalue weighted by Crippen LogP contribution is 2.35. The van der Waals surface area contributed by atoms with Gasteiger partial charge in [0.15, 0.2) is 5.82 Å². The average Bonchev–Trinajstić information content (AvgIpc) is 2.57. The average molecular weight is 344 g/mol. The van der Waals surface area contributed by atoms with Gasteiger partial charge in [0, 0.05) is 37.4 Å². The summed E-state index contributed by atoms with van der Waals surface area (Å²) < 4.78 is 18.8. The summed E-state index contributed by atoms with van der Waals surface area (Å²) in [5, 5.41) is 3.33. The molecule has 5 nitrogen and oxygen atoms in total. The standard InChI is InChI=1S/C19H25FN4O/c1-25-12-19-23-17(14-9-15(21)10-14)11-18(24-19)22-8-4-6-13-5-2-3-7-16(13)20/h2-3,5,7,11,14-15H,4,6,8-10,12,21H2,1H3,(H,22,23,24). The van der Waals surface area contributed by atoms with Crippen molar-refractivity contribution in [2.75, 3.05) is 19.0 Å². The Morgan fingerprint density at radius 3 is 2.80 bits per heavy atom. The van der Waals surface area contributed by atoms with Crippen LogP contribution in [0, 0.1) is 5.82 Å². The molecule has 0 bridgehead atoms. The van der Waals surface area contributed by atoms with Crippen LogP contribution in [0.1, 0.15) is 42.3 Å². The summed E-state index contributed by atoms with van der Waals surface area (Å²) in [5.41, 5.74) is 7.67. The number of hydrogen-bond donors (Lipinski definition) is 2. The molecule has 0 unspecified atom stereocenters. The van der Waals surface area contributed by atoms with Crippen LogP contribution in [0.5, 0.6) is 0 Å². The van der Waals surface area contributed by atoms with Crippen molar-refractivity contribution in [2.24, 2.45) is 5.73 Å². The van der Waals surface area contributed by atoms with Crippen LogP contribution in [0.3, 0.4) is 0 Å². The lowest BCUT2D eigenvalue weighted by atomic mass is 9.78. The predicted octanol–water partition coefficient (Wildman–Crippen LogP) is 3.01. The summed E-state index contributed by atoms with van der Waals surface area (Å²) in [6.07, 6.45) is 3.46. The molecule has 2 aromatic rings. The number of anilines is 1. The molecule has 1 fully saturated rings. The number of nitrogens with two attached hydrogens (primary N) is 1. The fraction of sp³-hybridized carbons (Fsp3) is 0.474. The van der Waals surface area contributed by atoms with E-state index < -0.39 is 0 Å². The molecule has 0 atom stereocenters. The molecule has 1 heterocycles. The lowest BCUT2D eigenvalue weighted by Gasteiger charge is -2.32. The molecule has 3 rings (SSSR count). The van der Waals surface area contributed by atoms with Crippen LogP contribution >= 0.6 is 0 Å². The van der Waals surface area contributed by atoms with Gasteiger partial charge in [-0.25, -0.2) is 14.4 Å². The fourth-order valence-electron chi connectivity index (χ4n) is 3.11. The predicted molar refractivity (Wildman–Crippen MR) is 95.9 cm³/mol. The van der Waals surface area contributed by atoms with Gasteiger partial charge in [-0.1, -0.05) is 18.2 Å². The van der Waals surface area contributed by atoms with Crippen LogP contribution in [0.4, 0.5) is 10.2 Å². The second-order valence-corrected chi connectivity index (χ2v) is 6.58. The minimum absolute atomic E-state index is 0.143. The zero-order valence-corrected chi connectivity index (χ0v) is 14.5. The van der Waals surface area contributed by atoms with Gasteiger partial charge in [-0.2, -0.15) is 0 Å². The maximum absolute atomic E-state index is 13.6. The van der Waals surface area contributed by atoms with Crippen molar-refractivity contribution in [2.45, 2.75) is 44.2 Å². The third kappa shape index (κ3) is 4.74. The van der Waals surface area contributed by atoms with Crippen molar-refractivity contribution in [3.8, 4) is 0 Å². The first-order valence-corrected chi connectivity index (χ1v) is 8.75. The normalized spacial score (nSPS) is 19.5. The second kappa shape index (κ2) is 8.36. The topological polar surface area (TPSA) is 73.1 Å². The van der Waals surface area contributed by atoms with Crippen molar-refractivity contribution in [1.82, 2.24) is 9.97 Å². The molecule has 1 aliphatic carbocycles. The third-order valence-corrected chi connectivity index (χ3v) is 4.55. The molecule has 6 heteroatoms. The van der Waals surface area contributed by atoms with Crippen LogP contribution in [-0.2, 0) is 17.8 Å². The maximum atomic E-state index is 13.6. The van der Waals surface area contributed by atoms with Crippen molar-refractivity contribution in [1.29, 1.82) is 0 Å². The van der Waals surface area contributed by atoms with Gasteiger partial charge in [0.2, 0.25) is 0 Å². The van der Waals surface area contributed by atoms with E-state index >= 15 is 0 Å². The first-order chi connectivity index (χ1) is 12.2. The molecule has 0 radical (unpaired) electrons. The van der Waals surface area contributed by atoms with E-state index in [0.29, 0.717) is 24.8 Å². The van der Waals surface area contributed by atoms with Gasteiger partial charge in [0.25, 0.3) is 0 Å². The molecular weight excluding hydrogens is 319 g/mol. The Morgan fingerprint density at radius 2 is 2.08 bits per heavy atom. The van der Waals surface area contributed by atoms with Crippen LogP contribution in [-0.4, -0.2) is 29.7 Å². The Balaban J connectivity index is 1.58. The van der Waals surface area contributed by atoms with Gasteiger partial charge in [-0.05, 0) is 37.3 Å². The summed E-state index contributed by atoms with van der Waals surface area (Å²) >= 11 is 0. The molecule has 1 aliphatic rings. The first-order valence-electron chi connectivity index (χ1n) is 8.75. The molecule has 0 saturated heterocycles. The smallest absolute Gasteiger partial charge is 0.156 e. The highest BCUT2D eigenvalue weighted by Gasteiger charge is 2.29. The number of aryl methyl sites for hydroxylation is 1. The molecule has 25 heavy (non-hydrogen) atoms. The van der Waals surface area contributed by atoms with E-state index in [9.17, 15) is 4.39 Å². The Kier molecular flexibility index (Phi) is 5.94. The van der Waals surface area contributed by atoms with Gasteiger partial charge in [-0.3, -0.25) is 0 Å². The van der Waals surface area contributed by atoms with E-state index in [1.807, 2.05) is 18.2 Å². The quantitative estimate of drug-likeness (QED) is 0.720. The largest absolute Gasteiger partial charge is 0.377 e. The SMILES string of the molecule is COCc1nc(NCCCc2ccccc2F)cc(C2CC(N)C2)n1. The van der Waals surface area contributed by atoms with E-state index in [1.165, 1.54) is 6.07 Å². The number of nitrogens with zero attached hydrogens (tertiary/aromatic N) is 2. The Labute approximate surface area is 147 Å². The highest BCUT2D eigenvalue weighted by atomic mass is 19.1. The summed E-state index contributed by atoms with van der Waals surface area (Å²) in [4.78, 5) is 9.08. The highest BCUT2D eigenvalue weighted by molar-refractivity contribution is 5.38. The molecule has 1 aromatic carbocycles. The molecular formula is C19H25FN4O. The monoisotopic (exact) mass is 344 g/mol. The third-order valence-electron chi connectivity index (χ3n) is 4.55. The fourth-order valence-corrected chi connectivity index (χ4v) is 3.11. The molecule has 1 aromatic heterocycles. The van der Waals surface area contributed by atoms with Crippen LogP contribution < -0.4 is 11.1 Å². The molecule has 0 aliphatic heterocycles. The Hall–Kier alpha value is -2.05. The molecule has 1 saturated carbocycles. The van der Waals surface area contributed by atoms with Gasteiger partial charge < -0.3 is 15.8 Å². The molecule has 0 amide bonds. The van der Waals surface area contributed by atoms with Crippen molar-refractivity contribution < 1.29 is 9.13 Å². The van der Waals surface area contributed by atoms with E-state index in [4.69, 9.17) is 10.5 Å². The number of methoxy groups -OCH3 is 1. The summed E-state index contributed by atoms with van der Waals surface area (Å²) in [5.74, 6) is 1.74. The number of rotatable bonds is 8. The van der Waals surface area contributed by atoms with E-state index in [1.54, 1.807) is 13.2 Å². The van der Waals surface area contributed by atoms with Gasteiger partial charge in [0.1, 0.15) is 18.2 Å². The minimum atomic E-state index is -0.143. The van der Waals surface area contributed by atoms with E-state index in [0.717, 1.165) is 42.9 Å². The Morgan fingerprint density at radius 1 is 1.28 bits per heavy atom. The molecule has 3 N–H and O–H groups in total.